The first-order chi connectivity index (χ1) is 9.15. The van der Waals surface area contributed by atoms with E-state index in [1.165, 1.54) is 5.56 Å². The minimum atomic E-state index is -0.731. The molecule has 0 bridgehead atoms. The monoisotopic (exact) mass is 258 g/mol. The predicted molar refractivity (Wildman–Crippen MR) is 74.9 cm³/mol. The number of carbonyl (C=O) groups is 1. The number of hydrogen-bond acceptors (Lipinski definition) is 3. The van der Waals surface area contributed by atoms with Crippen molar-refractivity contribution in [1.82, 2.24) is 9.88 Å². The van der Waals surface area contributed by atoms with Gasteiger partial charge in [-0.1, -0.05) is 12.1 Å². The molecule has 4 heteroatoms. The Bertz CT molecular complexity index is 569. The number of carboxylic acid groups (broad SMARTS) is 1. The van der Waals surface area contributed by atoms with E-state index in [-0.39, 0.29) is 6.42 Å². The van der Waals surface area contributed by atoms with Gasteiger partial charge in [-0.3, -0.25) is 9.78 Å². The topological polar surface area (TPSA) is 53.4 Å². The van der Waals surface area contributed by atoms with E-state index in [1.807, 2.05) is 19.2 Å². The molecular formula is C15H18N2O2. The van der Waals surface area contributed by atoms with E-state index in [2.05, 4.69) is 28.1 Å². The highest BCUT2D eigenvalue weighted by Gasteiger charge is 2.03. The Morgan fingerprint density at radius 1 is 1.37 bits per heavy atom. The molecule has 0 atom stereocenters. The summed E-state index contributed by atoms with van der Waals surface area (Å²) >= 11 is 0. The van der Waals surface area contributed by atoms with Gasteiger partial charge in [0.05, 0.1) is 5.52 Å². The lowest BCUT2D eigenvalue weighted by molar-refractivity contribution is -0.137. The van der Waals surface area contributed by atoms with Crippen molar-refractivity contribution in [1.29, 1.82) is 0 Å². The van der Waals surface area contributed by atoms with Crippen LogP contribution in [-0.2, 0) is 11.3 Å². The molecule has 0 aliphatic carbocycles. The molecule has 1 N–H and O–H groups in total. The van der Waals surface area contributed by atoms with Gasteiger partial charge in [-0.15, -0.1) is 0 Å². The van der Waals surface area contributed by atoms with Crippen molar-refractivity contribution >= 4 is 16.9 Å². The van der Waals surface area contributed by atoms with Crippen LogP contribution < -0.4 is 0 Å². The maximum Gasteiger partial charge on any atom is 0.303 e. The van der Waals surface area contributed by atoms with Gasteiger partial charge in [0.25, 0.3) is 0 Å². The van der Waals surface area contributed by atoms with Gasteiger partial charge in [0.2, 0.25) is 0 Å². The van der Waals surface area contributed by atoms with E-state index in [0.29, 0.717) is 6.42 Å². The minimum absolute atomic E-state index is 0.228. The Morgan fingerprint density at radius 3 is 3.00 bits per heavy atom. The Labute approximate surface area is 112 Å². The van der Waals surface area contributed by atoms with Gasteiger partial charge >= 0.3 is 5.97 Å². The van der Waals surface area contributed by atoms with Crippen LogP contribution >= 0.6 is 0 Å². The van der Waals surface area contributed by atoms with E-state index in [4.69, 9.17) is 5.11 Å². The molecule has 0 fully saturated rings. The zero-order valence-corrected chi connectivity index (χ0v) is 11.0. The van der Waals surface area contributed by atoms with E-state index in [0.717, 1.165) is 24.0 Å². The molecule has 0 amide bonds. The van der Waals surface area contributed by atoms with E-state index < -0.39 is 5.97 Å². The summed E-state index contributed by atoms with van der Waals surface area (Å²) < 4.78 is 0. The van der Waals surface area contributed by atoms with Crippen LogP contribution in [0.4, 0.5) is 0 Å². The van der Waals surface area contributed by atoms with Crippen molar-refractivity contribution in [3.63, 3.8) is 0 Å². The average Bonchev–Trinajstić information content (AvgIpc) is 2.38. The largest absolute Gasteiger partial charge is 0.481 e. The third-order valence-electron chi connectivity index (χ3n) is 3.05. The van der Waals surface area contributed by atoms with Crippen molar-refractivity contribution < 1.29 is 9.90 Å². The molecule has 100 valence electrons. The summed E-state index contributed by atoms with van der Waals surface area (Å²) in [5, 5.41) is 9.75. The molecule has 0 aliphatic heterocycles. The molecule has 1 heterocycles. The van der Waals surface area contributed by atoms with Crippen LogP contribution in [0, 0.1) is 0 Å². The first kappa shape index (κ1) is 13.5. The molecule has 2 rings (SSSR count). The number of carboxylic acids is 1. The smallest absolute Gasteiger partial charge is 0.303 e. The van der Waals surface area contributed by atoms with E-state index in [1.54, 1.807) is 6.20 Å². The van der Waals surface area contributed by atoms with E-state index in [9.17, 15) is 4.79 Å². The summed E-state index contributed by atoms with van der Waals surface area (Å²) in [6.07, 6.45) is 2.70. The molecule has 0 radical (unpaired) electrons. The van der Waals surface area contributed by atoms with Crippen molar-refractivity contribution in [2.45, 2.75) is 19.4 Å². The summed E-state index contributed by atoms with van der Waals surface area (Å²) in [6.45, 7) is 1.61. The highest BCUT2D eigenvalue weighted by Crippen LogP contribution is 2.14. The van der Waals surface area contributed by atoms with Crippen molar-refractivity contribution in [2.24, 2.45) is 0 Å². The number of benzene rings is 1. The molecule has 19 heavy (non-hydrogen) atoms. The van der Waals surface area contributed by atoms with Gasteiger partial charge in [-0.25, -0.2) is 0 Å². The van der Waals surface area contributed by atoms with Crippen molar-refractivity contribution in [2.75, 3.05) is 13.6 Å². The summed E-state index contributed by atoms with van der Waals surface area (Å²) in [4.78, 5) is 16.9. The van der Waals surface area contributed by atoms with Crippen LogP contribution in [0.2, 0.25) is 0 Å². The van der Waals surface area contributed by atoms with Crippen LogP contribution in [0.15, 0.2) is 36.5 Å². The normalized spacial score (nSPS) is 11.1. The highest BCUT2D eigenvalue weighted by molar-refractivity contribution is 5.78. The average molecular weight is 258 g/mol. The van der Waals surface area contributed by atoms with Crippen molar-refractivity contribution in [3.8, 4) is 0 Å². The molecule has 4 nitrogen and oxygen atoms in total. The number of aromatic nitrogens is 1. The van der Waals surface area contributed by atoms with Crippen molar-refractivity contribution in [3.05, 3.63) is 42.1 Å². The molecule has 0 saturated carbocycles. The number of rotatable bonds is 6. The maximum absolute atomic E-state index is 10.5. The fraction of sp³-hybridized carbons (Fsp3) is 0.333. The standard InChI is InChI=1S/C15H18N2O2/c1-17(9-3-5-15(18)19)11-12-6-7-14-13(10-12)4-2-8-16-14/h2,4,6-8,10H,3,5,9,11H2,1H3,(H,18,19). The molecule has 1 aromatic heterocycles. The van der Waals surface area contributed by atoms with Crippen LogP contribution in [-0.4, -0.2) is 34.6 Å². The van der Waals surface area contributed by atoms with Crippen LogP contribution in [0.25, 0.3) is 10.9 Å². The van der Waals surface area contributed by atoms with Gasteiger partial charge in [0, 0.05) is 24.5 Å². The molecule has 0 spiro atoms. The second kappa shape index (κ2) is 6.29. The van der Waals surface area contributed by atoms with Gasteiger partial charge in [-0.05, 0) is 43.8 Å². The molecule has 0 saturated heterocycles. The van der Waals surface area contributed by atoms with Gasteiger partial charge in [-0.2, -0.15) is 0 Å². The Morgan fingerprint density at radius 2 is 2.21 bits per heavy atom. The zero-order chi connectivity index (χ0) is 13.7. The predicted octanol–water partition coefficient (Wildman–Crippen LogP) is 2.53. The number of hydrogen-bond donors (Lipinski definition) is 1. The van der Waals surface area contributed by atoms with Gasteiger partial charge in [0.15, 0.2) is 0 Å². The third kappa shape index (κ3) is 4.03. The first-order valence-electron chi connectivity index (χ1n) is 6.39. The van der Waals surface area contributed by atoms with Gasteiger partial charge in [0.1, 0.15) is 0 Å². The summed E-state index contributed by atoms with van der Waals surface area (Å²) in [6, 6.07) is 10.2. The van der Waals surface area contributed by atoms with Crippen LogP contribution in [0.1, 0.15) is 18.4 Å². The quantitative estimate of drug-likeness (QED) is 0.865. The number of pyridine rings is 1. The fourth-order valence-corrected chi connectivity index (χ4v) is 2.11. The molecule has 2 aromatic rings. The number of fused-ring (bicyclic) bond motifs is 1. The Kier molecular flexibility index (Phi) is 4.47. The zero-order valence-electron chi connectivity index (χ0n) is 11.0. The minimum Gasteiger partial charge on any atom is -0.481 e. The second-order valence-electron chi connectivity index (χ2n) is 4.77. The summed E-state index contributed by atoms with van der Waals surface area (Å²) in [5.74, 6) is -0.731. The maximum atomic E-state index is 10.5. The van der Waals surface area contributed by atoms with Crippen LogP contribution in [0.3, 0.4) is 0 Å². The van der Waals surface area contributed by atoms with Gasteiger partial charge < -0.3 is 10.0 Å². The number of nitrogens with zero attached hydrogens (tertiary/aromatic N) is 2. The number of aliphatic carboxylic acids is 1. The van der Waals surface area contributed by atoms with E-state index >= 15 is 0 Å². The molecule has 1 aromatic carbocycles. The summed E-state index contributed by atoms with van der Waals surface area (Å²) in [7, 11) is 2.01. The fourth-order valence-electron chi connectivity index (χ4n) is 2.11. The molecule has 0 aliphatic rings. The molecule has 0 unspecified atom stereocenters. The Hall–Kier alpha value is -1.94. The Balaban J connectivity index is 1.95. The molecular weight excluding hydrogens is 240 g/mol. The highest BCUT2D eigenvalue weighted by atomic mass is 16.4. The first-order valence-corrected chi connectivity index (χ1v) is 6.39. The summed E-state index contributed by atoms with van der Waals surface area (Å²) in [5.41, 5.74) is 2.22. The third-order valence-corrected chi connectivity index (χ3v) is 3.05. The second-order valence-corrected chi connectivity index (χ2v) is 4.77. The lowest BCUT2D eigenvalue weighted by Gasteiger charge is -2.16. The lowest BCUT2D eigenvalue weighted by Crippen LogP contribution is -2.19. The van der Waals surface area contributed by atoms with Crippen LogP contribution in [0.5, 0.6) is 0 Å². The SMILES string of the molecule is CN(CCCC(=O)O)Cc1ccc2ncccc2c1. The lowest BCUT2D eigenvalue weighted by atomic mass is 10.1.